The molecule has 4 nitrogen and oxygen atoms in total. The number of piperidine rings is 1. The topological polar surface area (TPSA) is 37.3 Å². The van der Waals surface area contributed by atoms with E-state index in [1.54, 1.807) is 0 Å². The second kappa shape index (κ2) is 6.69. The van der Waals surface area contributed by atoms with Crippen molar-refractivity contribution in [3.8, 4) is 0 Å². The molecule has 1 aliphatic carbocycles. The second-order valence-electron chi connectivity index (χ2n) is 7.44. The Morgan fingerprint density at radius 3 is 2.96 bits per heavy atom. The van der Waals surface area contributed by atoms with Gasteiger partial charge in [0.05, 0.1) is 17.7 Å². The number of aryl methyl sites for hydroxylation is 1. The lowest BCUT2D eigenvalue weighted by molar-refractivity contribution is -0.107. The van der Waals surface area contributed by atoms with E-state index in [4.69, 9.17) is 0 Å². The van der Waals surface area contributed by atoms with E-state index in [-0.39, 0.29) is 0 Å². The molecule has 4 rings (SSSR count). The minimum atomic E-state index is 0.630. The van der Waals surface area contributed by atoms with E-state index in [2.05, 4.69) is 46.5 Å². The lowest BCUT2D eigenvalue weighted by atomic mass is 9.74. The number of nitrogens with one attached hydrogen (secondary N) is 1. The van der Waals surface area contributed by atoms with Gasteiger partial charge in [-0.15, -0.1) is 0 Å². The number of carbonyl (C=O) groups is 1. The van der Waals surface area contributed by atoms with Gasteiger partial charge in [0.25, 0.3) is 0 Å². The third-order valence-corrected chi connectivity index (χ3v) is 6.91. The van der Waals surface area contributed by atoms with Crippen LogP contribution in [0.4, 0.5) is 0 Å². The number of fused-ring (bicyclic) bond motifs is 2. The first-order valence-corrected chi connectivity index (χ1v) is 10.2. The largest absolute Gasteiger partial charge is 0.299 e. The fourth-order valence-electron chi connectivity index (χ4n) is 5.04. The predicted molar refractivity (Wildman–Crippen MR) is 105 cm³/mol. The maximum absolute atomic E-state index is 10.8. The molecule has 0 saturated carbocycles. The maximum Gasteiger partial charge on any atom is 0.218 e. The van der Waals surface area contributed by atoms with Gasteiger partial charge in [-0.2, -0.15) is 0 Å². The van der Waals surface area contributed by atoms with Gasteiger partial charge in [-0.05, 0) is 69.3 Å². The van der Waals surface area contributed by atoms with E-state index < -0.39 is 0 Å². The molecule has 2 atom stereocenters. The molecule has 25 heavy (non-hydrogen) atoms. The van der Waals surface area contributed by atoms with Crippen LogP contribution in [0.1, 0.15) is 54.5 Å². The molecule has 0 unspecified atom stereocenters. The SMILES string of the molecule is CCCN1CCC[C@@H]2c3ccc(C)c4c3c(c(C)n4SNC=O)C[C@H]21. The van der Waals surface area contributed by atoms with Crippen LogP contribution in [0.15, 0.2) is 12.1 Å². The second-order valence-corrected chi connectivity index (χ2v) is 8.22. The normalized spacial score (nSPS) is 22.8. The Labute approximate surface area is 154 Å². The van der Waals surface area contributed by atoms with E-state index in [1.807, 2.05) is 0 Å². The average Bonchev–Trinajstić information content (AvgIpc) is 2.90. The van der Waals surface area contributed by atoms with E-state index in [1.165, 1.54) is 77.8 Å². The monoisotopic (exact) mass is 357 g/mol. The van der Waals surface area contributed by atoms with Gasteiger partial charge in [0.15, 0.2) is 0 Å². The number of nitrogens with zero attached hydrogens (tertiary/aromatic N) is 2. The lowest BCUT2D eigenvalue weighted by Gasteiger charge is -2.44. The average molecular weight is 358 g/mol. The Morgan fingerprint density at radius 2 is 2.20 bits per heavy atom. The van der Waals surface area contributed by atoms with Crippen LogP contribution in [0.3, 0.4) is 0 Å². The Bertz CT molecular complexity index is 811. The molecule has 1 aromatic heterocycles. The predicted octanol–water partition coefficient (Wildman–Crippen LogP) is 3.93. The molecule has 5 heteroatoms. The molecule has 1 aliphatic heterocycles. The lowest BCUT2D eigenvalue weighted by Crippen LogP contribution is -2.47. The summed E-state index contributed by atoms with van der Waals surface area (Å²) in [5.41, 5.74) is 6.87. The summed E-state index contributed by atoms with van der Waals surface area (Å²) in [4.78, 5) is 13.6. The zero-order chi connectivity index (χ0) is 17.6. The molecule has 0 radical (unpaired) electrons. The van der Waals surface area contributed by atoms with Crippen molar-refractivity contribution < 1.29 is 4.79 Å². The Hall–Kier alpha value is -1.46. The minimum Gasteiger partial charge on any atom is -0.299 e. The quantitative estimate of drug-likeness (QED) is 0.651. The Morgan fingerprint density at radius 1 is 1.36 bits per heavy atom. The highest BCUT2D eigenvalue weighted by atomic mass is 32.2. The summed E-state index contributed by atoms with van der Waals surface area (Å²) in [5.74, 6) is 0.648. The van der Waals surface area contributed by atoms with E-state index >= 15 is 0 Å². The van der Waals surface area contributed by atoms with Crippen LogP contribution in [0.5, 0.6) is 0 Å². The fraction of sp³-hybridized carbons (Fsp3) is 0.550. The van der Waals surface area contributed by atoms with Crippen molar-refractivity contribution in [2.75, 3.05) is 13.1 Å². The summed E-state index contributed by atoms with van der Waals surface area (Å²) in [7, 11) is 0. The molecule has 1 aromatic carbocycles. The highest BCUT2D eigenvalue weighted by Gasteiger charge is 2.38. The summed E-state index contributed by atoms with van der Waals surface area (Å²) < 4.78 is 5.00. The molecule has 1 amide bonds. The smallest absolute Gasteiger partial charge is 0.218 e. The number of likely N-dealkylation sites (tertiary alicyclic amines) is 1. The van der Waals surface area contributed by atoms with Gasteiger partial charge in [-0.1, -0.05) is 19.1 Å². The fourth-order valence-corrected chi connectivity index (χ4v) is 5.77. The zero-order valence-electron chi connectivity index (χ0n) is 15.3. The van der Waals surface area contributed by atoms with Crippen molar-refractivity contribution in [2.24, 2.45) is 0 Å². The van der Waals surface area contributed by atoms with Crippen LogP contribution in [0.2, 0.25) is 0 Å². The van der Waals surface area contributed by atoms with E-state index in [9.17, 15) is 4.79 Å². The first-order chi connectivity index (χ1) is 12.2. The van der Waals surface area contributed by atoms with E-state index in [0.717, 1.165) is 12.8 Å². The van der Waals surface area contributed by atoms with Crippen LogP contribution in [-0.4, -0.2) is 34.4 Å². The number of benzene rings is 1. The third-order valence-electron chi connectivity index (χ3n) is 6.07. The summed E-state index contributed by atoms with van der Waals surface area (Å²) in [6.07, 6.45) is 5.72. The molecular weight excluding hydrogens is 330 g/mol. The van der Waals surface area contributed by atoms with Gasteiger partial charge < -0.3 is 0 Å². The molecule has 1 fully saturated rings. The first-order valence-electron chi connectivity index (χ1n) is 9.41. The third kappa shape index (κ3) is 2.59. The molecule has 1 saturated heterocycles. The summed E-state index contributed by atoms with van der Waals surface area (Å²) >= 11 is 1.39. The zero-order valence-corrected chi connectivity index (χ0v) is 16.2. The minimum absolute atomic E-state index is 0.630. The van der Waals surface area contributed by atoms with Crippen LogP contribution in [-0.2, 0) is 11.2 Å². The van der Waals surface area contributed by atoms with Gasteiger partial charge in [0.2, 0.25) is 6.41 Å². The Kier molecular flexibility index (Phi) is 4.54. The molecule has 0 bridgehead atoms. The van der Waals surface area contributed by atoms with Gasteiger partial charge in [-0.25, -0.2) is 0 Å². The van der Waals surface area contributed by atoms with Gasteiger partial charge in [-0.3, -0.25) is 18.4 Å². The number of carbonyl (C=O) groups excluding carboxylic acids is 1. The van der Waals surface area contributed by atoms with Crippen molar-refractivity contribution in [2.45, 2.75) is 58.4 Å². The highest BCUT2D eigenvalue weighted by molar-refractivity contribution is 7.96. The number of hydrogen-bond donors (Lipinski definition) is 1. The van der Waals surface area contributed by atoms with E-state index in [0.29, 0.717) is 12.0 Å². The van der Waals surface area contributed by atoms with Crippen molar-refractivity contribution in [3.05, 3.63) is 34.5 Å². The standard InChI is InChI=1S/C20H27N3OS/c1-4-9-22-10-5-6-15-16-8-7-13(2)20-19(16)17(11-18(15)22)14(3)23(20)25-21-12-24/h7-8,12,15,18H,4-6,9-11H2,1-3H3,(H,21,24)/t15-,18-/m1/s1. The van der Waals surface area contributed by atoms with Crippen LogP contribution in [0.25, 0.3) is 10.9 Å². The van der Waals surface area contributed by atoms with Gasteiger partial charge in [0.1, 0.15) is 0 Å². The number of hydrogen-bond acceptors (Lipinski definition) is 3. The van der Waals surface area contributed by atoms with Crippen molar-refractivity contribution in [3.63, 3.8) is 0 Å². The summed E-state index contributed by atoms with van der Waals surface area (Å²) in [5, 5.41) is 1.46. The number of amides is 1. The van der Waals surface area contributed by atoms with Crippen molar-refractivity contribution >= 4 is 29.4 Å². The van der Waals surface area contributed by atoms with Crippen molar-refractivity contribution in [1.29, 1.82) is 0 Å². The first kappa shape index (κ1) is 17.0. The van der Waals surface area contributed by atoms with Crippen LogP contribution < -0.4 is 4.72 Å². The molecule has 2 aromatic rings. The summed E-state index contributed by atoms with van der Waals surface area (Å²) in [6, 6.07) is 5.26. The highest BCUT2D eigenvalue weighted by Crippen LogP contribution is 2.46. The van der Waals surface area contributed by atoms with Gasteiger partial charge in [0, 0.05) is 23.0 Å². The van der Waals surface area contributed by atoms with Crippen LogP contribution >= 0.6 is 12.1 Å². The number of aromatic nitrogens is 1. The Balaban J connectivity index is 1.88. The molecule has 1 N–H and O–H groups in total. The number of rotatable bonds is 5. The molecule has 134 valence electrons. The van der Waals surface area contributed by atoms with Crippen molar-refractivity contribution in [1.82, 2.24) is 13.6 Å². The van der Waals surface area contributed by atoms with Crippen LogP contribution in [0, 0.1) is 13.8 Å². The molecule has 2 heterocycles. The molecule has 2 aliphatic rings. The molecule has 0 spiro atoms. The van der Waals surface area contributed by atoms with Gasteiger partial charge >= 0.3 is 0 Å². The maximum atomic E-state index is 10.8. The molecular formula is C20H27N3OS. The summed E-state index contributed by atoms with van der Waals surface area (Å²) in [6.45, 7) is 9.10.